The molecular weight excluding hydrogens is 391 g/mol. The number of nitrogens with one attached hydrogen (secondary N) is 1. The third-order valence-electron chi connectivity index (χ3n) is 5.93. The minimum atomic E-state index is -0.434. The standard InChI is InChI=1S/C21H28ClFN6/c22-18-11-17(1-2-19(18)23)27-20-12-21(26-14-25-20)29-9-3-15(4-10-29)13-28-7-5-16(24)6-8-28/h1-2,11-12,14-16H,3-10,13,24H2,(H,25,26,27). The van der Waals surface area contributed by atoms with Crippen molar-refractivity contribution in [1.29, 1.82) is 0 Å². The summed E-state index contributed by atoms with van der Waals surface area (Å²) >= 11 is 5.86. The van der Waals surface area contributed by atoms with Crippen molar-refractivity contribution in [2.75, 3.05) is 42.9 Å². The average Bonchev–Trinajstić information content (AvgIpc) is 2.73. The Morgan fingerprint density at radius 3 is 2.55 bits per heavy atom. The molecule has 0 unspecified atom stereocenters. The third-order valence-corrected chi connectivity index (χ3v) is 6.22. The summed E-state index contributed by atoms with van der Waals surface area (Å²) in [5, 5.41) is 3.26. The molecule has 3 N–H and O–H groups in total. The molecule has 0 spiro atoms. The van der Waals surface area contributed by atoms with E-state index in [-0.39, 0.29) is 5.02 Å². The molecule has 2 aromatic rings. The van der Waals surface area contributed by atoms with Crippen molar-refractivity contribution in [2.24, 2.45) is 11.7 Å². The minimum Gasteiger partial charge on any atom is -0.356 e. The number of hydrogen-bond donors (Lipinski definition) is 2. The Morgan fingerprint density at radius 2 is 1.83 bits per heavy atom. The summed E-state index contributed by atoms with van der Waals surface area (Å²) in [6.45, 7) is 5.45. The predicted octanol–water partition coefficient (Wildman–Crippen LogP) is 3.65. The molecule has 0 atom stereocenters. The summed E-state index contributed by atoms with van der Waals surface area (Å²) < 4.78 is 13.3. The van der Waals surface area contributed by atoms with Gasteiger partial charge in [0.25, 0.3) is 0 Å². The molecule has 1 aromatic carbocycles. The molecule has 2 fully saturated rings. The Hall–Kier alpha value is -1.96. The highest BCUT2D eigenvalue weighted by atomic mass is 35.5. The number of halogens is 2. The first-order valence-corrected chi connectivity index (χ1v) is 10.7. The van der Waals surface area contributed by atoms with Gasteiger partial charge < -0.3 is 20.9 Å². The summed E-state index contributed by atoms with van der Waals surface area (Å²) in [6.07, 6.45) is 6.14. The van der Waals surface area contributed by atoms with Gasteiger partial charge in [0, 0.05) is 37.4 Å². The quantitative estimate of drug-likeness (QED) is 0.772. The zero-order valence-corrected chi connectivity index (χ0v) is 17.3. The number of likely N-dealkylation sites (tertiary alicyclic amines) is 1. The zero-order valence-electron chi connectivity index (χ0n) is 16.5. The second kappa shape index (κ2) is 9.24. The van der Waals surface area contributed by atoms with Crippen LogP contribution in [0.2, 0.25) is 5.02 Å². The van der Waals surface area contributed by atoms with E-state index in [0.29, 0.717) is 17.5 Å². The van der Waals surface area contributed by atoms with Crippen LogP contribution in [0.5, 0.6) is 0 Å². The lowest BCUT2D eigenvalue weighted by molar-refractivity contribution is 0.171. The maximum atomic E-state index is 13.3. The van der Waals surface area contributed by atoms with Gasteiger partial charge in [0.1, 0.15) is 23.8 Å². The Labute approximate surface area is 176 Å². The van der Waals surface area contributed by atoms with Crippen LogP contribution in [0.3, 0.4) is 0 Å². The largest absolute Gasteiger partial charge is 0.356 e. The first kappa shape index (κ1) is 20.3. The van der Waals surface area contributed by atoms with E-state index in [9.17, 15) is 4.39 Å². The van der Waals surface area contributed by atoms with E-state index in [0.717, 1.165) is 50.8 Å². The number of rotatable bonds is 5. The molecule has 0 bridgehead atoms. The van der Waals surface area contributed by atoms with Crippen LogP contribution in [-0.2, 0) is 0 Å². The van der Waals surface area contributed by atoms with Gasteiger partial charge in [-0.15, -0.1) is 0 Å². The van der Waals surface area contributed by atoms with E-state index >= 15 is 0 Å². The van der Waals surface area contributed by atoms with Crippen molar-refractivity contribution in [3.63, 3.8) is 0 Å². The van der Waals surface area contributed by atoms with E-state index < -0.39 is 5.82 Å². The van der Waals surface area contributed by atoms with Crippen LogP contribution < -0.4 is 16.0 Å². The summed E-state index contributed by atoms with van der Waals surface area (Å²) in [7, 11) is 0. The molecule has 2 saturated heterocycles. The fourth-order valence-corrected chi connectivity index (χ4v) is 4.34. The van der Waals surface area contributed by atoms with Gasteiger partial charge in [-0.2, -0.15) is 0 Å². The van der Waals surface area contributed by atoms with Gasteiger partial charge in [-0.25, -0.2) is 14.4 Å². The Kier molecular flexibility index (Phi) is 6.47. The van der Waals surface area contributed by atoms with Crippen molar-refractivity contribution < 1.29 is 4.39 Å². The van der Waals surface area contributed by atoms with E-state index in [4.69, 9.17) is 17.3 Å². The summed E-state index contributed by atoms with van der Waals surface area (Å²) in [6, 6.07) is 6.86. The first-order valence-electron chi connectivity index (χ1n) is 10.3. The molecule has 29 heavy (non-hydrogen) atoms. The van der Waals surface area contributed by atoms with Crippen LogP contribution in [-0.4, -0.2) is 53.6 Å². The average molecular weight is 419 g/mol. The van der Waals surface area contributed by atoms with Crippen molar-refractivity contribution >= 4 is 28.9 Å². The lowest BCUT2D eigenvalue weighted by atomic mass is 9.95. The van der Waals surface area contributed by atoms with Gasteiger partial charge in [0.15, 0.2) is 0 Å². The van der Waals surface area contributed by atoms with Crippen molar-refractivity contribution in [2.45, 2.75) is 31.7 Å². The number of benzene rings is 1. The number of nitrogens with zero attached hydrogens (tertiary/aromatic N) is 4. The van der Waals surface area contributed by atoms with E-state index in [2.05, 4.69) is 25.1 Å². The number of anilines is 3. The maximum Gasteiger partial charge on any atom is 0.141 e. The fourth-order valence-electron chi connectivity index (χ4n) is 4.16. The molecule has 0 radical (unpaired) electrons. The molecule has 156 valence electrons. The monoisotopic (exact) mass is 418 g/mol. The molecule has 0 amide bonds. The van der Waals surface area contributed by atoms with E-state index in [1.807, 2.05) is 6.07 Å². The van der Waals surface area contributed by atoms with Crippen molar-refractivity contribution in [3.8, 4) is 0 Å². The number of piperidine rings is 2. The fraction of sp³-hybridized carbons (Fsp3) is 0.524. The van der Waals surface area contributed by atoms with E-state index in [1.165, 1.54) is 25.5 Å². The smallest absolute Gasteiger partial charge is 0.141 e. The normalized spacial score (nSPS) is 19.5. The minimum absolute atomic E-state index is 0.0852. The molecule has 8 heteroatoms. The topological polar surface area (TPSA) is 70.3 Å². The Bertz CT molecular complexity index is 819. The Morgan fingerprint density at radius 1 is 1.07 bits per heavy atom. The van der Waals surface area contributed by atoms with Crippen molar-refractivity contribution in [1.82, 2.24) is 14.9 Å². The predicted molar refractivity (Wildman–Crippen MR) is 115 cm³/mol. The molecule has 4 rings (SSSR count). The summed E-state index contributed by atoms with van der Waals surface area (Å²) in [5.41, 5.74) is 6.71. The number of aromatic nitrogens is 2. The first-order chi connectivity index (χ1) is 14.1. The molecule has 6 nitrogen and oxygen atoms in total. The molecular formula is C21H28ClFN6. The van der Waals surface area contributed by atoms with Gasteiger partial charge in [-0.3, -0.25) is 0 Å². The van der Waals surface area contributed by atoms with Crippen LogP contribution in [0, 0.1) is 11.7 Å². The highest BCUT2D eigenvalue weighted by Crippen LogP contribution is 2.26. The molecule has 2 aliphatic heterocycles. The SMILES string of the molecule is NC1CCN(CC2CCN(c3cc(Nc4ccc(F)c(Cl)c4)ncn3)CC2)CC1. The van der Waals surface area contributed by atoms with Crippen LogP contribution >= 0.6 is 11.6 Å². The lowest BCUT2D eigenvalue weighted by Crippen LogP contribution is -2.44. The Balaban J connectivity index is 1.31. The highest BCUT2D eigenvalue weighted by Gasteiger charge is 2.24. The van der Waals surface area contributed by atoms with Crippen LogP contribution in [0.15, 0.2) is 30.6 Å². The highest BCUT2D eigenvalue weighted by molar-refractivity contribution is 6.31. The molecule has 1 aromatic heterocycles. The van der Waals surface area contributed by atoms with Gasteiger partial charge in [-0.1, -0.05) is 11.6 Å². The van der Waals surface area contributed by atoms with Crippen molar-refractivity contribution in [3.05, 3.63) is 41.4 Å². The molecule has 0 saturated carbocycles. The zero-order chi connectivity index (χ0) is 20.2. The number of hydrogen-bond acceptors (Lipinski definition) is 6. The third kappa shape index (κ3) is 5.35. The van der Waals surface area contributed by atoms with Crippen LogP contribution in [0.25, 0.3) is 0 Å². The second-order valence-corrected chi connectivity index (χ2v) is 8.49. The molecule has 0 aliphatic carbocycles. The number of nitrogens with two attached hydrogens (primary N) is 1. The maximum absolute atomic E-state index is 13.3. The van der Waals surface area contributed by atoms with Gasteiger partial charge in [0.05, 0.1) is 5.02 Å². The summed E-state index contributed by atoms with van der Waals surface area (Å²) in [5.74, 6) is 1.89. The van der Waals surface area contributed by atoms with Crippen LogP contribution in [0.1, 0.15) is 25.7 Å². The molecule has 2 aliphatic rings. The van der Waals surface area contributed by atoms with E-state index in [1.54, 1.807) is 18.5 Å². The molecule has 3 heterocycles. The van der Waals surface area contributed by atoms with Gasteiger partial charge >= 0.3 is 0 Å². The van der Waals surface area contributed by atoms with Gasteiger partial charge in [-0.05, 0) is 62.9 Å². The second-order valence-electron chi connectivity index (χ2n) is 8.08. The summed E-state index contributed by atoms with van der Waals surface area (Å²) in [4.78, 5) is 13.6. The lowest BCUT2D eigenvalue weighted by Gasteiger charge is -2.37. The van der Waals surface area contributed by atoms with Crippen LogP contribution in [0.4, 0.5) is 21.7 Å². The van der Waals surface area contributed by atoms with Gasteiger partial charge in [0.2, 0.25) is 0 Å².